The molecule has 0 radical (unpaired) electrons. The van der Waals surface area contributed by atoms with Gasteiger partial charge in [0.2, 0.25) is 0 Å². The van der Waals surface area contributed by atoms with Gasteiger partial charge < -0.3 is 9.67 Å². The van der Waals surface area contributed by atoms with E-state index in [9.17, 15) is 33.2 Å². The first-order valence-electron chi connectivity index (χ1n) is 10.6. The summed E-state index contributed by atoms with van der Waals surface area (Å²) in [6.07, 6.45) is -1.69. The molecule has 0 saturated carbocycles. The molecule has 0 spiro atoms. The van der Waals surface area contributed by atoms with E-state index >= 15 is 0 Å². The number of carbonyl (C=O) groups is 1. The highest BCUT2D eigenvalue weighted by atomic mass is 19.4. The summed E-state index contributed by atoms with van der Waals surface area (Å²) in [6, 6.07) is 14.6. The SMILES string of the molecule is N#Cc1cc(C(=O)NN=Cc2cccc3c2ccn3Cc2cc(C(F)(F)F)ccc2[N+](=O)[O-])ccc1O. The smallest absolute Gasteiger partial charge is 0.416 e. The fourth-order valence-electron chi connectivity index (χ4n) is 3.74. The number of alkyl halides is 3. The number of nitro benzene ring substituents is 1. The Hall–Kier alpha value is -5.18. The summed E-state index contributed by atoms with van der Waals surface area (Å²) in [5, 5.41) is 34.5. The monoisotopic (exact) mass is 507 g/mol. The molecule has 0 bridgehead atoms. The van der Waals surface area contributed by atoms with Crippen molar-refractivity contribution in [3.8, 4) is 11.8 Å². The molecule has 0 aliphatic carbocycles. The van der Waals surface area contributed by atoms with Gasteiger partial charge in [-0.2, -0.15) is 23.5 Å². The molecule has 12 heteroatoms. The molecule has 37 heavy (non-hydrogen) atoms. The average Bonchev–Trinajstić information content (AvgIpc) is 3.27. The number of fused-ring (bicyclic) bond motifs is 1. The number of hydrazone groups is 1. The number of nitriles is 1. The van der Waals surface area contributed by atoms with Crippen molar-refractivity contribution in [2.75, 3.05) is 0 Å². The molecule has 186 valence electrons. The summed E-state index contributed by atoms with van der Waals surface area (Å²) in [6.45, 7) is -0.177. The van der Waals surface area contributed by atoms with Crippen molar-refractivity contribution < 1.29 is 28.0 Å². The molecule has 2 N–H and O–H groups in total. The minimum atomic E-state index is -4.65. The second kappa shape index (κ2) is 9.82. The van der Waals surface area contributed by atoms with Gasteiger partial charge in [-0.15, -0.1) is 0 Å². The molecule has 0 atom stereocenters. The largest absolute Gasteiger partial charge is 0.507 e. The lowest BCUT2D eigenvalue weighted by Gasteiger charge is -2.11. The molecule has 1 aromatic heterocycles. The number of nitro groups is 1. The van der Waals surface area contributed by atoms with E-state index in [2.05, 4.69) is 10.5 Å². The third-order valence-corrected chi connectivity index (χ3v) is 5.54. The number of aromatic nitrogens is 1. The number of phenolic OH excluding ortho intramolecular Hbond substituents is 1. The Labute approximate surface area is 206 Å². The molecule has 0 aliphatic rings. The summed E-state index contributed by atoms with van der Waals surface area (Å²) in [5.74, 6) is -0.872. The highest BCUT2D eigenvalue weighted by Crippen LogP contribution is 2.33. The van der Waals surface area contributed by atoms with Crippen molar-refractivity contribution in [2.45, 2.75) is 12.7 Å². The maximum absolute atomic E-state index is 13.2. The molecular formula is C25H16F3N5O4. The second-order valence-corrected chi connectivity index (χ2v) is 7.86. The molecule has 0 unspecified atom stereocenters. The van der Waals surface area contributed by atoms with Crippen LogP contribution >= 0.6 is 0 Å². The topological polar surface area (TPSA) is 134 Å². The number of amides is 1. The number of aromatic hydroxyl groups is 1. The Morgan fingerprint density at radius 3 is 2.68 bits per heavy atom. The van der Waals surface area contributed by atoms with Crippen molar-refractivity contribution in [3.05, 3.63) is 105 Å². The van der Waals surface area contributed by atoms with Crippen LogP contribution < -0.4 is 5.43 Å². The van der Waals surface area contributed by atoms with Gasteiger partial charge in [0.25, 0.3) is 11.6 Å². The quantitative estimate of drug-likeness (QED) is 0.216. The van der Waals surface area contributed by atoms with Crippen LogP contribution in [0.5, 0.6) is 5.75 Å². The Morgan fingerprint density at radius 1 is 1.19 bits per heavy atom. The van der Waals surface area contributed by atoms with Crippen LogP contribution in [0.15, 0.2) is 72.0 Å². The predicted octanol–water partition coefficient (Wildman–Crippen LogP) is 4.96. The predicted molar refractivity (Wildman–Crippen MR) is 127 cm³/mol. The minimum Gasteiger partial charge on any atom is -0.507 e. The van der Waals surface area contributed by atoms with Crippen LogP contribution in [0.3, 0.4) is 0 Å². The Kier molecular flexibility index (Phi) is 6.62. The number of benzene rings is 3. The van der Waals surface area contributed by atoms with Gasteiger partial charge in [0.15, 0.2) is 0 Å². The lowest BCUT2D eigenvalue weighted by molar-refractivity contribution is -0.385. The van der Waals surface area contributed by atoms with Gasteiger partial charge in [-0.05, 0) is 42.5 Å². The van der Waals surface area contributed by atoms with E-state index in [1.54, 1.807) is 41.1 Å². The lowest BCUT2D eigenvalue weighted by atomic mass is 10.1. The van der Waals surface area contributed by atoms with Crippen LogP contribution in [0, 0.1) is 21.4 Å². The maximum Gasteiger partial charge on any atom is 0.416 e. The highest BCUT2D eigenvalue weighted by Gasteiger charge is 2.32. The number of phenols is 1. The maximum atomic E-state index is 13.2. The van der Waals surface area contributed by atoms with Crippen molar-refractivity contribution in [3.63, 3.8) is 0 Å². The normalized spacial score (nSPS) is 11.5. The molecule has 1 heterocycles. The summed E-state index contributed by atoms with van der Waals surface area (Å²) in [4.78, 5) is 23.0. The first-order chi connectivity index (χ1) is 17.6. The first-order valence-corrected chi connectivity index (χ1v) is 10.6. The number of rotatable bonds is 6. The van der Waals surface area contributed by atoms with Gasteiger partial charge in [-0.1, -0.05) is 12.1 Å². The van der Waals surface area contributed by atoms with Crippen LogP contribution in [-0.4, -0.2) is 26.7 Å². The molecule has 1 amide bonds. The second-order valence-electron chi connectivity index (χ2n) is 7.86. The average molecular weight is 507 g/mol. The fourth-order valence-corrected chi connectivity index (χ4v) is 3.74. The molecular weight excluding hydrogens is 491 g/mol. The zero-order valence-corrected chi connectivity index (χ0v) is 18.7. The molecule has 3 aromatic carbocycles. The number of nitrogens with zero attached hydrogens (tertiary/aromatic N) is 4. The van der Waals surface area contributed by atoms with Crippen molar-refractivity contribution in [1.82, 2.24) is 9.99 Å². The van der Waals surface area contributed by atoms with E-state index < -0.39 is 28.3 Å². The number of carbonyl (C=O) groups excluding carboxylic acids is 1. The van der Waals surface area contributed by atoms with Gasteiger partial charge in [0, 0.05) is 34.3 Å². The van der Waals surface area contributed by atoms with Gasteiger partial charge >= 0.3 is 6.18 Å². The van der Waals surface area contributed by atoms with Gasteiger partial charge in [0.05, 0.1) is 34.4 Å². The highest BCUT2D eigenvalue weighted by molar-refractivity contribution is 6.00. The lowest BCUT2D eigenvalue weighted by Crippen LogP contribution is -2.17. The summed E-state index contributed by atoms with van der Waals surface area (Å²) in [7, 11) is 0. The zero-order valence-electron chi connectivity index (χ0n) is 18.7. The first kappa shape index (κ1) is 24.9. The van der Waals surface area contributed by atoms with Crippen molar-refractivity contribution in [1.29, 1.82) is 5.26 Å². The molecule has 0 fully saturated rings. The number of hydrogen-bond donors (Lipinski definition) is 2. The standard InChI is InChI=1S/C25H16F3N5O4/c26-25(27,28)19-5-6-21(33(36)37)18(11-19)14-32-9-8-20-16(2-1-3-22(20)32)13-30-31-24(35)15-4-7-23(34)17(10-15)12-29/h1-11,13,34H,14H2,(H,31,35). The summed E-state index contributed by atoms with van der Waals surface area (Å²) in [5.41, 5.74) is 2.00. The van der Waals surface area contributed by atoms with Gasteiger partial charge in [-0.3, -0.25) is 14.9 Å². The fraction of sp³-hybridized carbons (Fsp3) is 0.0800. The van der Waals surface area contributed by atoms with E-state index in [4.69, 9.17) is 5.26 Å². The molecule has 0 saturated heterocycles. The molecule has 4 rings (SSSR count). The van der Waals surface area contributed by atoms with Crippen LogP contribution in [0.25, 0.3) is 10.9 Å². The van der Waals surface area contributed by atoms with E-state index in [1.807, 2.05) is 0 Å². The van der Waals surface area contributed by atoms with Crippen LogP contribution in [0.4, 0.5) is 18.9 Å². The van der Waals surface area contributed by atoms with Crippen molar-refractivity contribution >= 4 is 28.7 Å². The minimum absolute atomic E-state index is 0.0660. The van der Waals surface area contributed by atoms with Crippen LogP contribution in [0.1, 0.15) is 32.6 Å². The molecule has 0 aliphatic heterocycles. The van der Waals surface area contributed by atoms with Gasteiger partial charge in [0.1, 0.15) is 11.8 Å². The number of nitrogens with one attached hydrogen (secondary N) is 1. The zero-order chi connectivity index (χ0) is 26.7. The van der Waals surface area contributed by atoms with Crippen molar-refractivity contribution in [2.24, 2.45) is 5.10 Å². The van der Waals surface area contributed by atoms with Crippen LogP contribution in [-0.2, 0) is 12.7 Å². The summed E-state index contributed by atoms with van der Waals surface area (Å²) < 4.78 is 41.1. The van der Waals surface area contributed by atoms with Gasteiger partial charge in [-0.25, -0.2) is 5.43 Å². The third-order valence-electron chi connectivity index (χ3n) is 5.54. The number of halogens is 3. The third kappa shape index (κ3) is 5.25. The Morgan fingerprint density at radius 2 is 1.97 bits per heavy atom. The summed E-state index contributed by atoms with van der Waals surface area (Å²) >= 11 is 0. The van der Waals surface area contributed by atoms with E-state index in [0.717, 1.165) is 12.1 Å². The number of hydrogen-bond acceptors (Lipinski definition) is 6. The molecule has 9 nitrogen and oxygen atoms in total. The van der Waals surface area contributed by atoms with E-state index in [1.165, 1.54) is 24.4 Å². The van der Waals surface area contributed by atoms with Crippen LogP contribution in [0.2, 0.25) is 0 Å². The molecule has 4 aromatic rings. The van der Waals surface area contributed by atoms with E-state index in [0.29, 0.717) is 22.5 Å². The van der Waals surface area contributed by atoms with E-state index in [-0.39, 0.29) is 29.0 Å². The Bertz CT molecular complexity index is 1600. The Balaban J connectivity index is 1.59.